The monoisotopic (exact) mass is 221 g/mol. The van der Waals surface area contributed by atoms with E-state index in [4.69, 9.17) is 5.73 Å². The highest BCUT2D eigenvalue weighted by atomic mass is 16.3. The normalized spacial score (nSPS) is 15.1. The Balaban J connectivity index is 2.70. The second-order valence-electron chi connectivity index (χ2n) is 4.86. The summed E-state index contributed by atoms with van der Waals surface area (Å²) in [5.74, 6) is 0.661. The topological polar surface area (TPSA) is 46.2 Å². The molecule has 0 aliphatic carbocycles. The summed E-state index contributed by atoms with van der Waals surface area (Å²) in [6.45, 7) is 6.40. The van der Waals surface area contributed by atoms with E-state index in [0.29, 0.717) is 5.92 Å². The highest BCUT2D eigenvalue weighted by Gasteiger charge is 2.14. The molecule has 90 valence electrons. The van der Waals surface area contributed by atoms with Gasteiger partial charge >= 0.3 is 0 Å². The van der Waals surface area contributed by atoms with Gasteiger partial charge in [-0.2, -0.15) is 0 Å². The molecule has 0 saturated heterocycles. The molecular weight excluding hydrogens is 198 g/mol. The second kappa shape index (κ2) is 6.02. The third kappa shape index (κ3) is 3.62. The van der Waals surface area contributed by atoms with Crippen molar-refractivity contribution < 1.29 is 5.11 Å². The van der Waals surface area contributed by atoms with Crippen molar-refractivity contribution in [3.63, 3.8) is 0 Å². The molecule has 0 bridgehead atoms. The fourth-order valence-corrected chi connectivity index (χ4v) is 1.79. The zero-order chi connectivity index (χ0) is 12.1. The molecule has 0 aliphatic heterocycles. The van der Waals surface area contributed by atoms with Crippen molar-refractivity contribution in [1.82, 2.24) is 0 Å². The first-order chi connectivity index (χ1) is 7.54. The minimum Gasteiger partial charge on any atom is -0.387 e. The van der Waals surface area contributed by atoms with Crippen molar-refractivity contribution in [3.05, 3.63) is 35.4 Å². The van der Waals surface area contributed by atoms with Gasteiger partial charge in [0.15, 0.2) is 0 Å². The summed E-state index contributed by atoms with van der Waals surface area (Å²) in [5.41, 5.74) is 8.05. The maximum Gasteiger partial charge on any atom is 0.0940 e. The van der Waals surface area contributed by atoms with E-state index < -0.39 is 6.10 Å². The number of aliphatic hydroxyl groups excluding tert-OH is 1. The quantitative estimate of drug-likeness (QED) is 0.803. The Hall–Kier alpha value is -0.860. The zero-order valence-corrected chi connectivity index (χ0v) is 10.5. The van der Waals surface area contributed by atoms with Crippen molar-refractivity contribution in [2.24, 2.45) is 11.7 Å². The number of hydrogen-bond donors (Lipinski definition) is 2. The lowest BCUT2D eigenvalue weighted by Gasteiger charge is -2.17. The van der Waals surface area contributed by atoms with Crippen molar-refractivity contribution in [1.29, 1.82) is 0 Å². The van der Waals surface area contributed by atoms with Crippen molar-refractivity contribution >= 4 is 0 Å². The van der Waals surface area contributed by atoms with Crippen molar-refractivity contribution in [3.8, 4) is 0 Å². The van der Waals surface area contributed by atoms with Crippen LogP contribution in [-0.4, -0.2) is 11.1 Å². The lowest BCUT2D eigenvalue weighted by molar-refractivity contribution is 0.144. The maximum atomic E-state index is 9.94. The van der Waals surface area contributed by atoms with Crippen LogP contribution >= 0.6 is 0 Å². The SMILES string of the molecule is CCC(N)C(O)c1ccc(CC(C)C)cc1. The van der Waals surface area contributed by atoms with Gasteiger partial charge in [-0.05, 0) is 29.9 Å². The van der Waals surface area contributed by atoms with Gasteiger partial charge in [-0.1, -0.05) is 45.0 Å². The molecule has 1 aromatic carbocycles. The molecule has 2 heteroatoms. The summed E-state index contributed by atoms with van der Waals surface area (Å²) in [4.78, 5) is 0. The molecule has 2 nitrogen and oxygen atoms in total. The molecule has 1 rings (SSSR count). The standard InChI is InChI=1S/C14H23NO/c1-4-13(15)14(16)12-7-5-11(6-8-12)9-10(2)3/h5-8,10,13-14,16H,4,9,15H2,1-3H3. The summed E-state index contributed by atoms with van der Waals surface area (Å²) in [5, 5.41) is 9.94. The van der Waals surface area contributed by atoms with Crippen LogP contribution in [-0.2, 0) is 6.42 Å². The molecule has 3 N–H and O–H groups in total. The van der Waals surface area contributed by atoms with Gasteiger partial charge in [-0.3, -0.25) is 0 Å². The zero-order valence-electron chi connectivity index (χ0n) is 10.5. The van der Waals surface area contributed by atoms with Gasteiger partial charge in [-0.25, -0.2) is 0 Å². The third-order valence-electron chi connectivity index (χ3n) is 2.84. The summed E-state index contributed by atoms with van der Waals surface area (Å²) in [6.07, 6.45) is 1.32. The number of hydrogen-bond acceptors (Lipinski definition) is 2. The number of rotatable bonds is 5. The lowest BCUT2D eigenvalue weighted by atomic mass is 9.97. The highest BCUT2D eigenvalue weighted by Crippen LogP contribution is 2.19. The lowest BCUT2D eigenvalue weighted by Crippen LogP contribution is -2.27. The molecule has 0 saturated carbocycles. The first kappa shape index (κ1) is 13.2. The Kier molecular flexibility index (Phi) is 4.97. The summed E-state index contributed by atoms with van der Waals surface area (Å²) in [7, 11) is 0. The van der Waals surface area contributed by atoms with Crippen LogP contribution in [0.5, 0.6) is 0 Å². The van der Waals surface area contributed by atoms with Gasteiger partial charge in [0, 0.05) is 6.04 Å². The van der Waals surface area contributed by atoms with Gasteiger partial charge in [0.05, 0.1) is 6.10 Å². The van der Waals surface area contributed by atoms with E-state index in [1.807, 2.05) is 19.1 Å². The van der Waals surface area contributed by atoms with Crippen molar-refractivity contribution in [2.75, 3.05) is 0 Å². The average molecular weight is 221 g/mol. The summed E-state index contributed by atoms with van der Waals surface area (Å²) < 4.78 is 0. The Bertz CT molecular complexity index is 305. The van der Waals surface area contributed by atoms with E-state index in [0.717, 1.165) is 18.4 Å². The van der Waals surface area contributed by atoms with Crippen molar-refractivity contribution in [2.45, 2.75) is 45.8 Å². The van der Waals surface area contributed by atoms with Crippen LogP contribution in [0.3, 0.4) is 0 Å². The van der Waals surface area contributed by atoms with Crippen LogP contribution < -0.4 is 5.73 Å². The molecule has 16 heavy (non-hydrogen) atoms. The maximum absolute atomic E-state index is 9.94. The molecule has 0 aromatic heterocycles. The first-order valence-electron chi connectivity index (χ1n) is 6.07. The van der Waals surface area contributed by atoms with Crippen LogP contribution in [0.2, 0.25) is 0 Å². The van der Waals surface area contributed by atoms with Gasteiger partial charge in [0.25, 0.3) is 0 Å². The van der Waals surface area contributed by atoms with Gasteiger partial charge in [0.2, 0.25) is 0 Å². The van der Waals surface area contributed by atoms with E-state index in [1.165, 1.54) is 5.56 Å². The van der Waals surface area contributed by atoms with E-state index in [9.17, 15) is 5.11 Å². The van der Waals surface area contributed by atoms with Gasteiger partial charge in [0.1, 0.15) is 0 Å². The van der Waals surface area contributed by atoms with Crippen LogP contribution in [0.1, 0.15) is 44.4 Å². The molecule has 0 aliphatic rings. The molecule has 0 amide bonds. The molecule has 2 atom stereocenters. The second-order valence-corrected chi connectivity index (χ2v) is 4.86. The minimum absolute atomic E-state index is 0.170. The molecule has 0 radical (unpaired) electrons. The molecule has 2 unspecified atom stereocenters. The highest BCUT2D eigenvalue weighted by molar-refractivity contribution is 5.25. The first-order valence-corrected chi connectivity index (χ1v) is 6.07. The van der Waals surface area contributed by atoms with E-state index >= 15 is 0 Å². The fourth-order valence-electron chi connectivity index (χ4n) is 1.79. The van der Waals surface area contributed by atoms with E-state index in [2.05, 4.69) is 26.0 Å². The van der Waals surface area contributed by atoms with Gasteiger partial charge in [-0.15, -0.1) is 0 Å². The molecule has 0 spiro atoms. The number of benzene rings is 1. The fraction of sp³-hybridized carbons (Fsp3) is 0.571. The Morgan fingerprint density at radius 3 is 2.19 bits per heavy atom. The molecule has 0 heterocycles. The summed E-state index contributed by atoms with van der Waals surface area (Å²) >= 11 is 0. The van der Waals surface area contributed by atoms with Crippen LogP contribution in [0, 0.1) is 5.92 Å². The Labute approximate surface area is 98.5 Å². The average Bonchev–Trinajstić information content (AvgIpc) is 2.27. The minimum atomic E-state index is -0.543. The van der Waals surface area contributed by atoms with E-state index in [-0.39, 0.29) is 6.04 Å². The smallest absolute Gasteiger partial charge is 0.0940 e. The number of aliphatic hydroxyl groups is 1. The van der Waals surface area contributed by atoms with Crippen LogP contribution in [0.25, 0.3) is 0 Å². The predicted molar refractivity (Wildman–Crippen MR) is 68.2 cm³/mol. The predicted octanol–water partition coefficient (Wildman–Crippen LogP) is 2.66. The van der Waals surface area contributed by atoms with Gasteiger partial charge < -0.3 is 10.8 Å². The Morgan fingerprint density at radius 2 is 1.75 bits per heavy atom. The summed E-state index contributed by atoms with van der Waals surface area (Å²) in [6, 6.07) is 7.97. The molecule has 0 fully saturated rings. The third-order valence-corrected chi connectivity index (χ3v) is 2.84. The molecular formula is C14H23NO. The largest absolute Gasteiger partial charge is 0.387 e. The van der Waals surface area contributed by atoms with E-state index in [1.54, 1.807) is 0 Å². The number of nitrogens with two attached hydrogens (primary N) is 1. The van der Waals surface area contributed by atoms with Crippen LogP contribution in [0.4, 0.5) is 0 Å². The Morgan fingerprint density at radius 1 is 1.19 bits per heavy atom. The van der Waals surface area contributed by atoms with Crippen LogP contribution in [0.15, 0.2) is 24.3 Å². The molecule has 1 aromatic rings.